The second-order valence-electron chi connectivity index (χ2n) is 7.34. The molecule has 0 unspecified atom stereocenters. The van der Waals surface area contributed by atoms with E-state index in [4.69, 9.17) is 16.3 Å². The summed E-state index contributed by atoms with van der Waals surface area (Å²) in [5.41, 5.74) is 2.55. The van der Waals surface area contributed by atoms with Crippen molar-refractivity contribution in [2.75, 3.05) is 0 Å². The molecule has 3 rings (SSSR count). The summed E-state index contributed by atoms with van der Waals surface area (Å²) in [6.45, 7) is 3.72. The predicted molar refractivity (Wildman–Crippen MR) is 116 cm³/mol. The molecule has 0 radical (unpaired) electrons. The molecule has 0 aliphatic heterocycles. The smallest absolute Gasteiger partial charge is 0.136 e. The van der Waals surface area contributed by atoms with E-state index in [1.54, 1.807) is 24.3 Å². The topological polar surface area (TPSA) is 9.23 Å². The third kappa shape index (κ3) is 5.91. The van der Waals surface area contributed by atoms with E-state index in [0.29, 0.717) is 22.1 Å². The van der Waals surface area contributed by atoms with Crippen LogP contribution in [0.1, 0.15) is 25.8 Å². The molecule has 29 heavy (non-hydrogen) atoms. The molecule has 1 nitrogen and oxygen atoms in total. The Hall–Kier alpha value is -2.65. The molecule has 150 valence electrons. The Kier molecular flexibility index (Phi) is 7.05. The second kappa shape index (κ2) is 9.71. The Morgan fingerprint density at radius 2 is 1.62 bits per heavy atom. The highest BCUT2D eigenvalue weighted by atomic mass is 35.5. The van der Waals surface area contributed by atoms with E-state index < -0.39 is 11.7 Å². The van der Waals surface area contributed by atoms with Crippen molar-refractivity contribution in [3.63, 3.8) is 0 Å². The Morgan fingerprint density at radius 3 is 2.34 bits per heavy atom. The molecule has 0 saturated heterocycles. The third-order valence-electron chi connectivity index (χ3n) is 4.41. The van der Waals surface area contributed by atoms with Crippen molar-refractivity contribution in [1.82, 2.24) is 0 Å². The van der Waals surface area contributed by atoms with Gasteiger partial charge in [0, 0.05) is 23.4 Å². The number of ether oxygens (including phenoxy) is 1. The zero-order valence-corrected chi connectivity index (χ0v) is 17.2. The highest BCUT2D eigenvalue weighted by Gasteiger charge is 2.11. The Labute approximate surface area is 175 Å². The standard InChI is InChI=1S/C25H23ClF2O/c1-17(2)14-23(27)24(28)16-18-6-5-7-21(15-18)29-25-9-4-3-8-22(25)19-10-12-20(26)13-11-19/h3-13,15,17H,14,16H2,1-2H3/b24-23+. The molecular formula is C25H23ClF2O. The third-order valence-corrected chi connectivity index (χ3v) is 4.66. The highest BCUT2D eigenvalue weighted by Crippen LogP contribution is 2.34. The summed E-state index contributed by atoms with van der Waals surface area (Å²) in [7, 11) is 0. The second-order valence-corrected chi connectivity index (χ2v) is 7.77. The van der Waals surface area contributed by atoms with Crippen LogP contribution in [0.15, 0.2) is 84.5 Å². The zero-order chi connectivity index (χ0) is 20.8. The molecular weight excluding hydrogens is 390 g/mol. The largest absolute Gasteiger partial charge is 0.457 e. The van der Waals surface area contributed by atoms with E-state index in [9.17, 15) is 8.78 Å². The first-order valence-electron chi connectivity index (χ1n) is 9.57. The minimum Gasteiger partial charge on any atom is -0.457 e. The van der Waals surface area contributed by atoms with Gasteiger partial charge in [-0.1, -0.05) is 67.9 Å². The van der Waals surface area contributed by atoms with Crippen molar-refractivity contribution in [2.24, 2.45) is 5.92 Å². The van der Waals surface area contributed by atoms with Gasteiger partial charge in [0.15, 0.2) is 0 Å². The Balaban J connectivity index is 1.82. The normalized spacial score (nSPS) is 12.1. The maximum atomic E-state index is 14.2. The van der Waals surface area contributed by atoms with E-state index >= 15 is 0 Å². The maximum Gasteiger partial charge on any atom is 0.136 e. The quantitative estimate of drug-likeness (QED) is 0.377. The minimum absolute atomic E-state index is 0.0692. The van der Waals surface area contributed by atoms with Crippen molar-refractivity contribution in [3.8, 4) is 22.6 Å². The van der Waals surface area contributed by atoms with Crippen LogP contribution in [-0.4, -0.2) is 0 Å². The summed E-state index contributed by atoms with van der Waals surface area (Å²) in [5, 5.41) is 0.666. The summed E-state index contributed by atoms with van der Waals surface area (Å²) in [5.74, 6) is -0.0911. The van der Waals surface area contributed by atoms with Gasteiger partial charge in [0.1, 0.15) is 23.2 Å². The van der Waals surface area contributed by atoms with Gasteiger partial charge in [-0.3, -0.25) is 0 Å². The van der Waals surface area contributed by atoms with Crippen LogP contribution in [0, 0.1) is 5.92 Å². The molecule has 0 bridgehead atoms. The van der Waals surface area contributed by atoms with Gasteiger partial charge >= 0.3 is 0 Å². The van der Waals surface area contributed by atoms with Crippen LogP contribution in [0.4, 0.5) is 8.78 Å². The molecule has 0 N–H and O–H groups in total. The lowest BCUT2D eigenvalue weighted by atomic mass is 10.0. The van der Waals surface area contributed by atoms with Gasteiger partial charge in [-0.05, 0) is 47.4 Å². The van der Waals surface area contributed by atoms with Gasteiger partial charge < -0.3 is 4.74 Å². The van der Waals surface area contributed by atoms with Crippen LogP contribution in [-0.2, 0) is 6.42 Å². The van der Waals surface area contributed by atoms with E-state index in [2.05, 4.69) is 0 Å². The fourth-order valence-electron chi connectivity index (χ4n) is 3.01. The summed E-state index contributed by atoms with van der Waals surface area (Å²) in [6.07, 6.45) is 0.0189. The first-order valence-corrected chi connectivity index (χ1v) is 9.95. The summed E-state index contributed by atoms with van der Waals surface area (Å²) in [4.78, 5) is 0. The Morgan fingerprint density at radius 1 is 0.897 bits per heavy atom. The zero-order valence-electron chi connectivity index (χ0n) is 16.5. The molecule has 0 fully saturated rings. The number of benzene rings is 3. The predicted octanol–water partition coefficient (Wildman–Crippen LogP) is 8.54. The minimum atomic E-state index is -0.725. The van der Waals surface area contributed by atoms with Crippen molar-refractivity contribution in [3.05, 3.63) is 95.0 Å². The fourth-order valence-corrected chi connectivity index (χ4v) is 3.14. The lowest BCUT2D eigenvalue weighted by molar-refractivity contribution is 0.458. The molecule has 0 amide bonds. The molecule has 0 spiro atoms. The lowest BCUT2D eigenvalue weighted by Crippen LogP contribution is -1.94. The molecule has 0 aromatic heterocycles. The monoisotopic (exact) mass is 412 g/mol. The van der Waals surface area contributed by atoms with E-state index in [1.807, 2.05) is 62.4 Å². The number of hydrogen-bond acceptors (Lipinski definition) is 1. The SMILES string of the molecule is CC(C)C/C(F)=C(\F)Cc1cccc(Oc2ccccc2-c2ccc(Cl)cc2)c1. The van der Waals surface area contributed by atoms with Gasteiger partial charge in [-0.2, -0.15) is 0 Å². The molecule has 4 heteroatoms. The van der Waals surface area contributed by atoms with Crippen LogP contribution < -0.4 is 4.74 Å². The molecule has 3 aromatic rings. The van der Waals surface area contributed by atoms with Crippen LogP contribution in [0.5, 0.6) is 11.5 Å². The van der Waals surface area contributed by atoms with Crippen molar-refractivity contribution >= 4 is 11.6 Å². The maximum absolute atomic E-state index is 14.2. The van der Waals surface area contributed by atoms with Crippen LogP contribution in [0.2, 0.25) is 5.02 Å². The van der Waals surface area contributed by atoms with Crippen LogP contribution in [0.3, 0.4) is 0 Å². The highest BCUT2D eigenvalue weighted by molar-refractivity contribution is 6.30. The average Bonchev–Trinajstić information content (AvgIpc) is 2.69. The number of halogens is 3. The number of rotatable bonds is 7. The number of allylic oxidation sites excluding steroid dienone is 2. The van der Waals surface area contributed by atoms with Crippen molar-refractivity contribution in [1.29, 1.82) is 0 Å². The molecule has 0 saturated carbocycles. The summed E-state index contributed by atoms with van der Waals surface area (Å²) >= 11 is 5.99. The van der Waals surface area contributed by atoms with Crippen molar-refractivity contribution < 1.29 is 13.5 Å². The van der Waals surface area contributed by atoms with Gasteiger partial charge in [0.05, 0.1) is 0 Å². The molecule has 0 aliphatic carbocycles. The van der Waals surface area contributed by atoms with E-state index in [1.165, 1.54) is 0 Å². The summed E-state index contributed by atoms with van der Waals surface area (Å²) < 4.78 is 34.2. The van der Waals surface area contributed by atoms with Crippen molar-refractivity contribution in [2.45, 2.75) is 26.7 Å². The van der Waals surface area contributed by atoms with E-state index in [-0.39, 0.29) is 18.8 Å². The van der Waals surface area contributed by atoms with Gasteiger partial charge in [-0.25, -0.2) is 8.78 Å². The molecule has 3 aromatic carbocycles. The van der Waals surface area contributed by atoms with Crippen LogP contribution >= 0.6 is 11.6 Å². The summed E-state index contributed by atoms with van der Waals surface area (Å²) in [6, 6.07) is 22.3. The van der Waals surface area contributed by atoms with Crippen LogP contribution in [0.25, 0.3) is 11.1 Å². The first-order chi connectivity index (χ1) is 13.9. The van der Waals surface area contributed by atoms with Gasteiger partial charge in [0.2, 0.25) is 0 Å². The number of para-hydroxylation sites is 1. The fraction of sp³-hybridized carbons (Fsp3) is 0.200. The lowest BCUT2D eigenvalue weighted by Gasteiger charge is -2.12. The first kappa shape index (κ1) is 21.1. The number of hydrogen-bond donors (Lipinski definition) is 0. The van der Waals surface area contributed by atoms with Gasteiger partial charge in [0.25, 0.3) is 0 Å². The molecule has 0 aliphatic rings. The Bertz CT molecular complexity index is 994. The van der Waals surface area contributed by atoms with Gasteiger partial charge in [-0.15, -0.1) is 0 Å². The van der Waals surface area contributed by atoms with E-state index in [0.717, 1.165) is 11.1 Å². The molecule has 0 atom stereocenters. The molecule has 0 heterocycles. The average molecular weight is 413 g/mol.